The summed E-state index contributed by atoms with van der Waals surface area (Å²) in [5.41, 5.74) is 2.54. The molecule has 2 atom stereocenters. The fraction of sp³-hybridized carbons (Fsp3) is 0.368. The molecule has 1 aliphatic rings. The van der Waals surface area contributed by atoms with Gasteiger partial charge in [0.15, 0.2) is 6.29 Å². The van der Waals surface area contributed by atoms with Crippen molar-refractivity contribution in [3.05, 3.63) is 47.4 Å². The zero-order valence-corrected chi connectivity index (χ0v) is 15.3. The van der Waals surface area contributed by atoms with Gasteiger partial charge in [-0.25, -0.2) is 9.37 Å². The van der Waals surface area contributed by atoms with Crippen molar-refractivity contribution in [3.63, 3.8) is 0 Å². The van der Waals surface area contributed by atoms with Crippen LogP contribution in [0.25, 0.3) is 21.8 Å². The lowest BCUT2D eigenvalue weighted by atomic mass is 10.1. The summed E-state index contributed by atoms with van der Waals surface area (Å²) < 4.78 is 25.0. The molecule has 26 heavy (non-hydrogen) atoms. The second kappa shape index (κ2) is 7.65. The highest BCUT2D eigenvalue weighted by Crippen LogP contribution is 2.39. The van der Waals surface area contributed by atoms with Gasteiger partial charge in [-0.15, -0.1) is 11.3 Å². The molecule has 3 aromatic rings. The van der Waals surface area contributed by atoms with Crippen molar-refractivity contribution in [2.75, 3.05) is 6.61 Å². The van der Waals surface area contributed by atoms with Crippen LogP contribution >= 0.6 is 11.3 Å². The van der Waals surface area contributed by atoms with Crippen LogP contribution in [0.5, 0.6) is 0 Å². The first-order valence-electron chi connectivity index (χ1n) is 8.74. The van der Waals surface area contributed by atoms with Gasteiger partial charge in [0.25, 0.3) is 0 Å². The van der Waals surface area contributed by atoms with Gasteiger partial charge in [-0.3, -0.25) is 5.10 Å². The van der Waals surface area contributed by atoms with E-state index in [0.29, 0.717) is 0 Å². The lowest BCUT2D eigenvalue weighted by molar-refractivity contribution is -0.186. The van der Waals surface area contributed by atoms with Gasteiger partial charge in [0.1, 0.15) is 22.6 Å². The maximum absolute atomic E-state index is 13.3. The molecule has 0 spiro atoms. The largest absolute Gasteiger partial charge is 0.353 e. The fourth-order valence-electron chi connectivity index (χ4n) is 2.98. The lowest BCUT2D eigenvalue weighted by Crippen LogP contribution is -2.23. The number of hydrogen-bond acceptors (Lipinski definition) is 5. The van der Waals surface area contributed by atoms with Gasteiger partial charge in [0.2, 0.25) is 0 Å². The predicted molar refractivity (Wildman–Crippen MR) is 98.2 cm³/mol. The van der Waals surface area contributed by atoms with Crippen molar-refractivity contribution in [1.29, 1.82) is 0 Å². The minimum atomic E-state index is -0.257. The third kappa shape index (κ3) is 3.70. The molecular weight excluding hydrogens is 353 g/mol. The Labute approximate surface area is 155 Å². The summed E-state index contributed by atoms with van der Waals surface area (Å²) >= 11 is 1.55. The summed E-state index contributed by atoms with van der Waals surface area (Å²) in [6, 6.07) is 8.33. The number of nitrogens with one attached hydrogen (secondary N) is 1. The van der Waals surface area contributed by atoms with Crippen LogP contribution in [0.4, 0.5) is 4.39 Å². The molecule has 1 aliphatic heterocycles. The van der Waals surface area contributed by atoms with Gasteiger partial charge in [-0.1, -0.05) is 12.1 Å². The predicted octanol–water partition coefficient (Wildman–Crippen LogP) is 4.94. The molecule has 0 bridgehead atoms. The Hall–Kier alpha value is -2.09. The normalized spacial score (nSPS) is 18.8. The first kappa shape index (κ1) is 17.3. The quantitative estimate of drug-likeness (QED) is 0.688. The zero-order valence-electron chi connectivity index (χ0n) is 14.4. The molecule has 1 N–H and O–H groups in total. The SMILES string of the molecule is C[C@H](OC1CCCCO1)c1nc(-c2ccn[nH]2)c(-c2ccc(F)cc2)s1. The smallest absolute Gasteiger partial charge is 0.158 e. The molecule has 1 unspecified atom stereocenters. The van der Waals surface area contributed by atoms with Gasteiger partial charge in [-0.2, -0.15) is 5.10 Å². The molecule has 0 aliphatic carbocycles. The maximum atomic E-state index is 13.3. The molecule has 0 radical (unpaired) electrons. The van der Waals surface area contributed by atoms with Gasteiger partial charge in [0, 0.05) is 12.8 Å². The molecule has 1 saturated heterocycles. The van der Waals surface area contributed by atoms with Crippen molar-refractivity contribution in [3.8, 4) is 21.8 Å². The molecular formula is C19H20FN3O2S. The summed E-state index contributed by atoms with van der Waals surface area (Å²) in [7, 11) is 0. The molecule has 0 amide bonds. The Bertz CT molecular complexity index is 842. The minimum Gasteiger partial charge on any atom is -0.353 e. The molecule has 4 rings (SSSR count). The first-order valence-corrected chi connectivity index (χ1v) is 9.56. The Morgan fingerprint density at radius 1 is 1.27 bits per heavy atom. The van der Waals surface area contributed by atoms with Crippen LogP contribution < -0.4 is 0 Å². The van der Waals surface area contributed by atoms with Crippen molar-refractivity contribution in [2.45, 2.75) is 38.6 Å². The van der Waals surface area contributed by atoms with Crippen molar-refractivity contribution >= 4 is 11.3 Å². The number of aromatic nitrogens is 3. The molecule has 5 nitrogen and oxygen atoms in total. The average Bonchev–Trinajstić information content (AvgIpc) is 3.33. The highest BCUT2D eigenvalue weighted by molar-refractivity contribution is 7.15. The van der Waals surface area contributed by atoms with Crippen LogP contribution in [0.15, 0.2) is 36.5 Å². The molecule has 3 heterocycles. The molecule has 136 valence electrons. The molecule has 7 heteroatoms. The molecule has 1 fully saturated rings. The van der Waals surface area contributed by atoms with Crippen LogP contribution in [-0.2, 0) is 9.47 Å². The number of rotatable bonds is 5. The Kier molecular flexibility index (Phi) is 5.10. The topological polar surface area (TPSA) is 60.0 Å². The van der Waals surface area contributed by atoms with Gasteiger partial charge in [-0.05, 0) is 49.9 Å². The summed E-state index contributed by atoms with van der Waals surface area (Å²) in [5.74, 6) is -0.257. The van der Waals surface area contributed by atoms with E-state index in [9.17, 15) is 4.39 Å². The first-order chi connectivity index (χ1) is 12.7. The Morgan fingerprint density at radius 2 is 2.12 bits per heavy atom. The number of thiazole rings is 1. The van der Waals surface area contributed by atoms with E-state index in [0.717, 1.165) is 52.7 Å². The molecule has 2 aromatic heterocycles. The Balaban J connectivity index is 1.65. The van der Waals surface area contributed by atoms with Gasteiger partial charge >= 0.3 is 0 Å². The lowest BCUT2D eigenvalue weighted by Gasteiger charge is -2.25. The van der Waals surface area contributed by atoms with E-state index in [4.69, 9.17) is 14.5 Å². The highest BCUT2D eigenvalue weighted by atomic mass is 32.1. The number of benzene rings is 1. The second-order valence-electron chi connectivity index (χ2n) is 6.28. The van der Waals surface area contributed by atoms with E-state index in [-0.39, 0.29) is 18.2 Å². The van der Waals surface area contributed by atoms with E-state index in [1.165, 1.54) is 12.1 Å². The number of ether oxygens (including phenoxy) is 2. The van der Waals surface area contributed by atoms with Crippen LogP contribution in [0.2, 0.25) is 0 Å². The summed E-state index contributed by atoms with van der Waals surface area (Å²) in [4.78, 5) is 5.75. The van der Waals surface area contributed by atoms with Crippen molar-refractivity contribution in [1.82, 2.24) is 15.2 Å². The third-order valence-corrected chi connectivity index (χ3v) is 5.61. The number of nitrogens with zero attached hydrogens (tertiary/aromatic N) is 2. The van der Waals surface area contributed by atoms with E-state index >= 15 is 0 Å². The van der Waals surface area contributed by atoms with Crippen LogP contribution in [0, 0.1) is 5.82 Å². The summed E-state index contributed by atoms with van der Waals surface area (Å²) in [5, 5.41) is 7.85. The number of aromatic amines is 1. The average molecular weight is 373 g/mol. The van der Waals surface area contributed by atoms with E-state index in [2.05, 4.69) is 10.2 Å². The third-order valence-electron chi connectivity index (χ3n) is 4.35. The van der Waals surface area contributed by atoms with Crippen LogP contribution in [0.1, 0.15) is 37.3 Å². The standard InChI is InChI=1S/C19H20FN3O2S/c1-12(25-16-4-2-3-11-24-16)19-22-17(15-9-10-21-23-15)18(26-19)13-5-7-14(20)8-6-13/h5-10,12,16H,2-4,11H2,1H3,(H,21,23)/t12-,16?/m0/s1. The van der Waals surface area contributed by atoms with Crippen molar-refractivity contribution < 1.29 is 13.9 Å². The molecule has 0 saturated carbocycles. The van der Waals surface area contributed by atoms with E-state index < -0.39 is 0 Å². The summed E-state index contributed by atoms with van der Waals surface area (Å²) in [6.45, 7) is 2.73. The van der Waals surface area contributed by atoms with Crippen LogP contribution in [0.3, 0.4) is 0 Å². The van der Waals surface area contributed by atoms with Gasteiger partial charge in [0.05, 0.1) is 10.6 Å². The highest BCUT2D eigenvalue weighted by Gasteiger charge is 2.23. The second-order valence-corrected chi connectivity index (χ2v) is 7.31. The van der Waals surface area contributed by atoms with E-state index in [1.54, 1.807) is 29.7 Å². The minimum absolute atomic E-state index is 0.174. The number of halogens is 1. The van der Waals surface area contributed by atoms with E-state index in [1.807, 2.05) is 13.0 Å². The Morgan fingerprint density at radius 3 is 2.81 bits per heavy atom. The van der Waals surface area contributed by atoms with Crippen molar-refractivity contribution in [2.24, 2.45) is 0 Å². The number of hydrogen-bond donors (Lipinski definition) is 1. The maximum Gasteiger partial charge on any atom is 0.158 e. The number of H-pyrrole nitrogens is 1. The fourth-order valence-corrected chi connectivity index (χ4v) is 4.06. The zero-order chi connectivity index (χ0) is 17.9. The van der Waals surface area contributed by atoms with Gasteiger partial charge < -0.3 is 9.47 Å². The van der Waals surface area contributed by atoms with Crippen LogP contribution in [-0.4, -0.2) is 28.1 Å². The summed E-state index contributed by atoms with van der Waals surface area (Å²) in [6.07, 6.45) is 4.46. The monoisotopic (exact) mass is 373 g/mol. The molecule has 1 aromatic carbocycles.